The molecule has 1 aliphatic rings. The second kappa shape index (κ2) is 6.02. The molecule has 1 aliphatic heterocycles. The Hall–Kier alpha value is -1.93. The van der Waals surface area contributed by atoms with Gasteiger partial charge in [-0.15, -0.1) is 0 Å². The summed E-state index contributed by atoms with van der Waals surface area (Å²) in [5, 5.41) is 13.9. The molecule has 0 unspecified atom stereocenters. The van der Waals surface area contributed by atoms with Crippen LogP contribution in [-0.2, 0) is 6.54 Å². The van der Waals surface area contributed by atoms with Crippen LogP contribution in [0.15, 0.2) is 23.4 Å². The molecule has 1 aromatic heterocycles. The van der Waals surface area contributed by atoms with Gasteiger partial charge in [-0.2, -0.15) is 0 Å². The van der Waals surface area contributed by atoms with E-state index in [0.717, 1.165) is 5.56 Å². The first-order chi connectivity index (χ1) is 9.45. The van der Waals surface area contributed by atoms with Gasteiger partial charge in [0.25, 0.3) is 5.96 Å². The molecule has 0 saturated carbocycles. The first-order valence-electron chi connectivity index (χ1n) is 5.94. The molecule has 0 amide bonds. The van der Waals surface area contributed by atoms with Crippen molar-refractivity contribution in [1.82, 2.24) is 19.7 Å². The van der Waals surface area contributed by atoms with Gasteiger partial charge in [0.2, 0.25) is 0 Å². The van der Waals surface area contributed by atoms with Crippen LogP contribution in [-0.4, -0.2) is 58.1 Å². The first kappa shape index (κ1) is 14.5. The number of halogens is 1. The Morgan fingerprint density at radius 3 is 2.80 bits per heavy atom. The maximum absolute atomic E-state index is 10.7. The zero-order valence-electron chi connectivity index (χ0n) is 11.2. The summed E-state index contributed by atoms with van der Waals surface area (Å²) in [7, 11) is 3.71. The van der Waals surface area contributed by atoms with Crippen LogP contribution in [0.3, 0.4) is 0 Å². The normalized spacial score (nSPS) is 18.6. The summed E-state index contributed by atoms with van der Waals surface area (Å²) in [4.78, 5) is 20.2. The van der Waals surface area contributed by atoms with Crippen molar-refractivity contribution in [3.05, 3.63) is 39.2 Å². The summed E-state index contributed by atoms with van der Waals surface area (Å²) >= 11 is 5.74. The molecule has 0 bridgehead atoms. The van der Waals surface area contributed by atoms with E-state index in [9.17, 15) is 10.1 Å². The van der Waals surface area contributed by atoms with Gasteiger partial charge in [-0.3, -0.25) is 4.90 Å². The zero-order valence-corrected chi connectivity index (χ0v) is 12.0. The molecule has 1 fully saturated rings. The lowest BCUT2D eigenvalue weighted by Crippen LogP contribution is -2.56. The third-order valence-electron chi connectivity index (χ3n) is 2.82. The van der Waals surface area contributed by atoms with E-state index in [2.05, 4.69) is 10.1 Å². The number of rotatable bonds is 3. The second-order valence-electron chi connectivity index (χ2n) is 4.66. The van der Waals surface area contributed by atoms with Crippen molar-refractivity contribution in [1.29, 1.82) is 0 Å². The highest BCUT2D eigenvalue weighted by molar-refractivity contribution is 6.29. The summed E-state index contributed by atoms with van der Waals surface area (Å²) in [6.45, 7) is 1.62. The van der Waals surface area contributed by atoms with Crippen LogP contribution in [0.1, 0.15) is 5.56 Å². The van der Waals surface area contributed by atoms with Crippen molar-refractivity contribution in [2.24, 2.45) is 5.10 Å². The fraction of sp³-hybridized carbons (Fsp3) is 0.455. The van der Waals surface area contributed by atoms with E-state index in [0.29, 0.717) is 31.0 Å². The molecule has 0 radical (unpaired) electrons. The fourth-order valence-corrected chi connectivity index (χ4v) is 2.23. The number of guanidine groups is 1. The average molecular weight is 299 g/mol. The van der Waals surface area contributed by atoms with Crippen molar-refractivity contribution in [3.8, 4) is 0 Å². The molecule has 0 N–H and O–H groups in total. The second-order valence-corrected chi connectivity index (χ2v) is 5.05. The monoisotopic (exact) mass is 298 g/mol. The predicted octanol–water partition coefficient (Wildman–Crippen LogP) is 0.877. The SMILES string of the molecule is CN1CN(C)C(=N[N+](=O)[O-])N(Cc2ccc(Cl)nc2)C1. The van der Waals surface area contributed by atoms with E-state index < -0.39 is 5.03 Å². The van der Waals surface area contributed by atoms with Gasteiger partial charge in [0.05, 0.1) is 13.3 Å². The summed E-state index contributed by atoms with van der Waals surface area (Å²) in [6, 6.07) is 3.53. The Labute approximate surface area is 121 Å². The zero-order chi connectivity index (χ0) is 14.7. The number of aromatic nitrogens is 1. The van der Waals surface area contributed by atoms with Gasteiger partial charge in [0.1, 0.15) is 10.3 Å². The molecule has 9 heteroatoms. The van der Waals surface area contributed by atoms with Crippen LogP contribution < -0.4 is 0 Å². The van der Waals surface area contributed by atoms with Crippen molar-refractivity contribution in [2.45, 2.75) is 6.54 Å². The third kappa shape index (κ3) is 3.55. The Kier molecular flexibility index (Phi) is 4.35. The van der Waals surface area contributed by atoms with Gasteiger partial charge in [-0.05, 0) is 18.7 Å². The summed E-state index contributed by atoms with van der Waals surface area (Å²) in [6.07, 6.45) is 1.65. The number of hydrogen-bond acceptors (Lipinski definition) is 4. The van der Waals surface area contributed by atoms with Gasteiger partial charge in [-0.25, -0.2) is 15.1 Å². The van der Waals surface area contributed by atoms with Crippen LogP contribution in [0.25, 0.3) is 0 Å². The van der Waals surface area contributed by atoms with E-state index in [1.165, 1.54) is 0 Å². The molecule has 0 aromatic carbocycles. The average Bonchev–Trinajstić information content (AvgIpc) is 2.36. The summed E-state index contributed by atoms with van der Waals surface area (Å²) < 4.78 is 0. The number of nitrogens with zero attached hydrogens (tertiary/aromatic N) is 6. The van der Waals surface area contributed by atoms with E-state index in [4.69, 9.17) is 11.6 Å². The van der Waals surface area contributed by atoms with Gasteiger partial charge >= 0.3 is 0 Å². The molecule has 0 aliphatic carbocycles. The van der Waals surface area contributed by atoms with Crippen molar-refractivity contribution >= 4 is 17.6 Å². The van der Waals surface area contributed by atoms with Gasteiger partial charge in [-0.1, -0.05) is 17.7 Å². The topological polar surface area (TPSA) is 78.1 Å². The quantitative estimate of drug-likeness (QED) is 0.468. The molecule has 108 valence electrons. The molecular weight excluding hydrogens is 284 g/mol. The van der Waals surface area contributed by atoms with Crippen LogP contribution in [0.5, 0.6) is 0 Å². The van der Waals surface area contributed by atoms with E-state index in [-0.39, 0.29) is 0 Å². The summed E-state index contributed by atoms with van der Waals surface area (Å²) in [5.41, 5.74) is 0.911. The molecule has 1 saturated heterocycles. The first-order valence-corrected chi connectivity index (χ1v) is 6.31. The number of hydrogen-bond donors (Lipinski definition) is 0. The number of nitro groups is 1. The molecule has 8 nitrogen and oxygen atoms in total. The van der Waals surface area contributed by atoms with Crippen LogP contribution in [0.4, 0.5) is 0 Å². The lowest BCUT2D eigenvalue weighted by molar-refractivity contribution is -0.486. The highest BCUT2D eigenvalue weighted by Gasteiger charge is 2.27. The molecule has 0 atom stereocenters. The van der Waals surface area contributed by atoms with E-state index >= 15 is 0 Å². The molecule has 1 aromatic rings. The minimum absolute atomic E-state index is 0.336. The highest BCUT2D eigenvalue weighted by Crippen LogP contribution is 2.13. The van der Waals surface area contributed by atoms with E-state index in [1.54, 1.807) is 24.2 Å². The van der Waals surface area contributed by atoms with Crippen molar-refractivity contribution in [2.75, 3.05) is 27.4 Å². The summed E-state index contributed by atoms with van der Waals surface area (Å²) in [5.74, 6) is 0.336. The largest absolute Gasteiger partial charge is 0.328 e. The lowest BCUT2D eigenvalue weighted by Gasteiger charge is -2.40. The Morgan fingerprint density at radius 1 is 1.45 bits per heavy atom. The molecule has 2 rings (SSSR count). The minimum Gasteiger partial charge on any atom is -0.328 e. The Morgan fingerprint density at radius 2 is 2.20 bits per heavy atom. The molecule has 2 heterocycles. The third-order valence-corrected chi connectivity index (χ3v) is 3.05. The van der Waals surface area contributed by atoms with E-state index in [1.807, 2.05) is 22.9 Å². The lowest BCUT2D eigenvalue weighted by atomic mass is 10.2. The van der Waals surface area contributed by atoms with Crippen molar-refractivity contribution in [3.63, 3.8) is 0 Å². The maximum Gasteiger partial charge on any atom is 0.276 e. The van der Waals surface area contributed by atoms with Crippen LogP contribution in [0, 0.1) is 10.1 Å². The van der Waals surface area contributed by atoms with Crippen molar-refractivity contribution < 1.29 is 5.03 Å². The number of pyridine rings is 1. The number of hydrazone groups is 1. The standard InChI is InChI=1S/C11H15ClN6O2/c1-15-7-16(2)11(14-18(19)20)17(8-15)6-9-3-4-10(12)13-5-9/h3-5H,6-8H2,1-2H3. The van der Waals surface area contributed by atoms with Crippen LogP contribution >= 0.6 is 11.6 Å². The van der Waals surface area contributed by atoms with Gasteiger partial charge in [0, 0.05) is 19.8 Å². The molecule has 20 heavy (non-hydrogen) atoms. The minimum atomic E-state index is -0.676. The van der Waals surface area contributed by atoms with Gasteiger partial charge < -0.3 is 9.80 Å². The molecular formula is C11H15ClN6O2. The fourth-order valence-electron chi connectivity index (χ4n) is 2.12. The molecule has 0 spiro atoms. The smallest absolute Gasteiger partial charge is 0.276 e. The predicted molar refractivity (Wildman–Crippen MR) is 74.5 cm³/mol. The maximum atomic E-state index is 10.7. The Bertz CT molecular complexity index is 520. The van der Waals surface area contributed by atoms with Crippen LogP contribution in [0.2, 0.25) is 5.15 Å². The Balaban J connectivity index is 2.20. The van der Waals surface area contributed by atoms with Gasteiger partial charge in [0.15, 0.2) is 5.03 Å². The highest BCUT2D eigenvalue weighted by atomic mass is 35.5.